The van der Waals surface area contributed by atoms with Crippen LogP contribution in [0.5, 0.6) is 0 Å². The number of hydrogen-bond acceptors (Lipinski definition) is 5. The van der Waals surface area contributed by atoms with Crippen molar-refractivity contribution in [2.45, 2.75) is 0 Å². The smallest absolute Gasteiger partial charge is 0.343 e. The Bertz CT molecular complexity index is 860. The molecule has 0 fully saturated rings. The van der Waals surface area contributed by atoms with Gasteiger partial charge in [-0.1, -0.05) is 30.3 Å². The van der Waals surface area contributed by atoms with Gasteiger partial charge >= 0.3 is 5.97 Å². The summed E-state index contributed by atoms with van der Waals surface area (Å²) >= 11 is 0. The molecular weight excluding hydrogens is 334 g/mol. The van der Waals surface area contributed by atoms with Gasteiger partial charge in [0.1, 0.15) is 17.5 Å². The lowest BCUT2D eigenvalue weighted by molar-refractivity contribution is -0.496. The van der Waals surface area contributed by atoms with E-state index in [-0.39, 0.29) is 0 Å². The Labute approximate surface area is 150 Å². The Morgan fingerprint density at radius 2 is 1.69 bits per heavy atom. The third kappa shape index (κ3) is 4.96. The zero-order valence-corrected chi connectivity index (χ0v) is 14.1. The molecule has 26 heavy (non-hydrogen) atoms. The van der Waals surface area contributed by atoms with Crippen LogP contribution in [0.2, 0.25) is 0 Å². The molecule has 7 heteroatoms. The predicted octanol–water partition coefficient (Wildman–Crippen LogP) is 1.41. The highest BCUT2D eigenvalue weighted by molar-refractivity contribution is 6.68. The van der Waals surface area contributed by atoms with Gasteiger partial charge < -0.3 is 10.1 Å². The Hall–Kier alpha value is -3.58. The monoisotopic (exact) mass is 352 g/mol. The van der Waals surface area contributed by atoms with E-state index in [9.17, 15) is 14.4 Å². The van der Waals surface area contributed by atoms with Crippen LogP contribution in [0.1, 0.15) is 10.4 Å². The quantitative estimate of drug-likeness (QED) is 0.230. The molecule has 0 aliphatic rings. The van der Waals surface area contributed by atoms with Gasteiger partial charge in [-0.2, -0.15) is 0 Å². The zero-order chi connectivity index (χ0) is 18.9. The summed E-state index contributed by atoms with van der Waals surface area (Å²) in [4.78, 5) is 35.5. The number of nitrogens with one attached hydrogen (secondary N) is 2. The van der Waals surface area contributed by atoms with Gasteiger partial charge in [0, 0.05) is 17.8 Å². The van der Waals surface area contributed by atoms with Crippen molar-refractivity contribution in [2.75, 3.05) is 12.4 Å². The minimum atomic E-state index is -0.791. The van der Waals surface area contributed by atoms with E-state index in [0.29, 0.717) is 16.9 Å². The lowest BCUT2D eigenvalue weighted by atomic mass is 10.2. The molecule has 2 rings (SSSR count). The molecule has 0 saturated carbocycles. The van der Waals surface area contributed by atoms with E-state index in [1.165, 1.54) is 18.6 Å². The first kappa shape index (κ1) is 18.8. The number of nitrogens with two attached hydrogens (primary N) is 1. The summed E-state index contributed by atoms with van der Waals surface area (Å²) in [6.07, 6.45) is 2.48. The van der Waals surface area contributed by atoms with Crippen LogP contribution in [0.25, 0.3) is 0 Å². The summed E-state index contributed by atoms with van der Waals surface area (Å²) in [5.74, 6) is -2.03. The number of benzene rings is 2. The Kier molecular flexibility index (Phi) is 6.53. The van der Waals surface area contributed by atoms with E-state index in [2.05, 4.69) is 5.32 Å². The van der Waals surface area contributed by atoms with E-state index < -0.39 is 23.4 Å². The average Bonchev–Trinajstić information content (AvgIpc) is 2.67. The van der Waals surface area contributed by atoms with Crippen LogP contribution in [0.3, 0.4) is 0 Å². The van der Waals surface area contributed by atoms with Crippen LogP contribution in [-0.4, -0.2) is 30.5 Å². The Balaban J connectivity index is 1.98. The summed E-state index contributed by atoms with van der Waals surface area (Å²) in [7, 11) is 1.28. The molecule has 132 valence electrons. The molecule has 0 saturated heterocycles. The highest BCUT2D eigenvalue weighted by atomic mass is 16.5. The number of allylic oxidation sites excluding steroid dienone is 1. The number of quaternary nitrogens is 1. The van der Waals surface area contributed by atoms with Gasteiger partial charge in [-0.3, -0.25) is 20.3 Å². The van der Waals surface area contributed by atoms with Crippen molar-refractivity contribution in [3.8, 4) is 0 Å². The van der Waals surface area contributed by atoms with Gasteiger partial charge in [-0.15, -0.1) is 0 Å². The summed E-state index contributed by atoms with van der Waals surface area (Å²) < 4.78 is 4.69. The zero-order valence-electron chi connectivity index (χ0n) is 14.1. The number of anilines is 1. The Morgan fingerprint density at radius 1 is 1.04 bits per heavy atom. The highest BCUT2D eigenvalue weighted by Gasteiger charge is 2.17. The van der Waals surface area contributed by atoms with E-state index in [1.54, 1.807) is 54.6 Å². The first-order valence-electron chi connectivity index (χ1n) is 7.71. The number of methoxy groups -OCH3 is 1. The fraction of sp³-hybridized carbons (Fsp3) is 0.0526. The summed E-state index contributed by atoms with van der Waals surface area (Å²) in [6.45, 7) is 0. The molecule has 1 amide bonds. The average molecular weight is 352 g/mol. The molecule has 2 aromatic carbocycles. The SMILES string of the molecule is COC(=O)c1ccccc1[NH2+]/C=C\C(=O)C(=N)C(=O)Nc1ccccc1. The number of carbonyl (C=O) groups excluding carboxylic acids is 3. The highest BCUT2D eigenvalue weighted by Crippen LogP contribution is 2.10. The van der Waals surface area contributed by atoms with E-state index >= 15 is 0 Å². The summed E-state index contributed by atoms with van der Waals surface area (Å²) in [5, 5.41) is 11.7. The van der Waals surface area contributed by atoms with Crippen LogP contribution in [0, 0.1) is 5.41 Å². The van der Waals surface area contributed by atoms with Crippen molar-refractivity contribution in [1.82, 2.24) is 0 Å². The number of hydrogen-bond donors (Lipinski definition) is 3. The topological polar surface area (TPSA) is 113 Å². The third-order valence-corrected chi connectivity index (χ3v) is 3.39. The first-order valence-corrected chi connectivity index (χ1v) is 7.71. The molecule has 0 spiro atoms. The molecule has 0 unspecified atom stereocenters. The largest absolute Gasteiger partial charge is 0.465 e. The van der Waals surface area contributed by atoms with Gasteiger partial charge in [0.15, 0.2) is 5.71 Å². The molecular formula is C19H18N3O4+. The number of rotatable bonds is 7. The van der Waals surface area contributed by atoms with E-state index in [0.717, 1.165) is 6.08 Å². The minimum Gasteiger partial charge on any atom is -0.465 e. The molecule has 0 radical (unpaired) electrons. The number of amides is 1. The molecule has 0 aliphatic heterocycles. The van der Waals surface area contributed by atoms with Crippen molar-refractivity contribution < 1.29 is 24.4 Å². The maximum absolute atomic E-state index is 12.0. The molecule has 0 heterocycles. The number of para-hydroxylation sites is 2. The van der Waals surface area contributed by atoms with Gasteiger partial charge in [0.05, 0.1) is 7.11 Å². The van der Waals surface area contributed by atoms with Crippen molar-refractivity contribution in [3.05, 3.63) is 72.4 Å². The summed E-state index contributed by atoms with van der Waals surface area (Å²) in [6, 6.07) is 15.3. The number of ether oxygens (including phenoxy) is 1. The van der Waals surface area contributed by atoms with Crippen molar-refractivity contribution in [2.24, 2.45) is 0 Å². The molecule has 2 aromatic rings. The van der Waals surface area contributed by atoms with Crippen LogP contribution in [0.15, 0.2) is 66.9 Å². The number of esters is 1. The normalized spacial score (nSPS) is 10.3. The van der Waals surface area contributed by atoms with Gasteiger partial charge in [-0.05, 0) is 18.2 Å². The minimum absolute atomic E-state index is 0.351. The lowest BCUT2D eigenvalue weighted by Crippen LogP contribution is -2.71. The first-order chi connectivity index (χ1) is 12.5. The molecule has 0 aromatic heterocycles. The maximum Gasteiger partial charge on any atom is 0.343 e. The predicted molar refractivity (Wildman–Crippen MR) is 96.3 cm³/mol. The molecule has 0 bridgehead atoms. The third-order valence-electron chi connectivity index (χ3n) is 3.39. The van der Waals surface area contributed by atoms with Crippen LogP contribution in [-0.2, 0) is 14.3 Å². The van der Waals surface area contributed by atoms with Crippen molar-refractivity contribution in [3.63, 3.8) is 0 Å². The number of carbonyl (C=O) groups is 3. The second-order valence-electron chi connectivity index (χ2n) is 5.16. The van der Waals surface area contributed by atoms with Gasteiger partial charge in [0.2, 0.25) is 5.78 Å². The second kappa shape index (κ2) is 9.05. The molecule has 0 atom stereocenters. The molecule has 7 nitrogen and oxygen atoms in total. The van der Waals surface area contributed by atoms with Crippen LogP contribution in [0.4, 0.5) is 11.4 Å². The van der Waals surface area contributed by atoms with Crippen LogP contribution < -0.4 is 10.6 Å². The fourth-order valence-electron chi connectivity index (χ4n) is 2.09. The standard InChI is InChI=1S/C19H17N3O4/c1-26-19(25)14-9-5-6-10-15(14)21-12-11-16(23)17(20)18(24)22-13-7-3-2-4-8-13/h2-12,20-21H,1H3,(H,22,24)/p+1/b12-11-,20-17?. The van der Waals surface area contributed by atoms with Gasteiger partial charge in [-0.25, -0.2) is 4.79 Å². The van der Waals surface area contributed by atoms with Crippen molar-refractivity contribution in [1.29, 1.82) is 5.41 Å². The Morgan fingerprint density at radius 3 is 2.38 bits per heavy atom. The molecule has 4 N–H and O–H groups in total. The fourth-order valence-corrected chi connectivity index (χ4v) is 2.09. The summed E-state index contributed by atoms with van der Waals surface area (Å²) in [5.41, 5.74) is 0.727. The van der Waals surface area contributed by atoms with E-state index in [1.807, 2.05) is 0 Å². The number of ketones is 1. The maximum atomic E-state index is 12.0. The van der Waals surface area contributed by atoms with Gasteiger partial charge in [0.25, 0.3) is 5.91 Å². The van der Waals surface area contributed by atoms with E-state index in [4.69, 9.17) is 10.1 Å². The van der Waals surface area contributed by atoms with Crippen LogP contribution >= 0.6 is 0 Å². The lowest BCUT2D eigenvalue weighted by Gasteiger charge is -2.04. The second-order valence-corrected chi connectivity index (χ2v) is 5.16. The van der Waals surface area contributed by atoms with Crippen molar-refractivity contribution >= 4 is 34.7 Å². The molecule has 0 aliphatic carbocycles.